The molecule has 3 aliphatic rings. The normalized spacial score (nSPS) is 39.0. The number of aliphatic hydroxyl groups is 1. The standard InChI is InChI=1S/C22H30O6/c1-12-7-6-8-22(5)20(28-22)19-18(14(3)21(25)27-19)17(24)11-13(2)10-16(9-12)26-15(4)23/h7,10,16-20,24H,3,6,8-9,11H2,1-2,4-5H3. The lowest BCUT2D eigenvalue weighted by Gasteiger charge is -2.24. The van der Waals surface area contributed by atoms with E-state index in [0.717, 1.165) is 24.0 Å². The predicted molar refractivity (Wildman–Crippen MR) is 103 cm³/mol. The Bertz CT molecular complexity index is 735. The Labute approximate surface area is 166 Å². The summed E-state index contributed by atoms with van der Waals surface area (Å²) in [5, 5.41) is 10.9. The van der Waals surface area contributed by atoms with Crippen molar-refractivity contribution in [2.24, 2.45) is 5.92 Å². The average molecular weight is 390 g/mol. The van der Waals surface area contributed by atoms with Crippen molar-refractivity contribution in [2.75, 3.05) is 0 Å². The highest BCUT2D eigenvalue weighted by Crippen LogP contribution is 2.49. The van der Waals surface area contributed by atoms with Gasteiger partial charge in [-0.15, -0.1) is 0 Å². The first-order chi connectivity index (χ1) is 13.1. The van der Waals surface area contributed by atoms with Crippen LogP contribution >= 0.6 is 0 Å². The van der Waals surface area contributed by atoms with Gasteiger partial charge in [-0.1, -0.05) is 23.8 Å². The Kier molecular flexibility index (Phi) is 5.82. The lowest BCUT2D eigenvalue weighted by molar-refractivity contribution is -0.144. The Hall–Kier alpha value is -1.92. The summed E-state index contributed by atoms with van der Waals surface area (Å²) in [7, 11) is 0. The lowest BCUT2D eigenvalue weighted by atomic mass is 9.83. The SMILES string of the molecule is C=C1C(=O)OC2C1C(O)CC(C)=CC(OC(C)=O)CC(C)=CCCC1(C)OC21. The molecule has 1 aliphatic carbocycles. The second-order valence-electron chi connectivity index (χ2n) is 8.50. The summed E-state index contributed by atoms with van der Waals surface area (Å²) in [6, 6.07) is 0. The fraction of sp³-hybridized carbons (Fsp3) is 0.636. The van der Waals surface area contributed by atoms with E-state index in [1.807, 2.05) is 26.8 Å². The van der Waals surface area contributed by atoms with Crippen LogP contribution in [-0.4, -0.2) is 47.1 Å². The van der Waals surface area contributed by atoms with E-state index in [-0.39, 0.29) is 23.8 Å². The number of hydrogen-bond acceptors (Lipinski definition) is 6. The van der Waals surface area contributed by atoms with Crippen LogP contribution in [0.1, 0.15) is 53.4 Å². The third kappa shape index (κ3) is 4.39. The minimum Gasteiger partial charge on any atom is -0.458 e. The molecule has 0 amide bonds. The maximum absolute atomic E-state index is 12.1. The monoisotopic (exact) mass is 390 g/mol. The first-order valence-corrected chi connectivity index (χ1v) is 9.86. The van der Waals surface area contributed by atoms with Gasteiger partial charge in [0, 0.05) is 18.9 Å². The summed E-state index contributed by atoms with van der Waals surface area (Å²) in [6.45, 7) is 11.2. The Balaban J connectivity index is 1.89. The summed E-state index contributed by atoms with van der Waals surface area (Å²) in [5.41, 5.74) is 1.93. The molecule has 2 fully saturated rings. The van der Waals surface area contributed by atoms with Gasteiger partial charge in [0.1, 0.15) is 18.3 Å². The highest BCUT2D eigenvalue weighted by Gasteiger charge is 2.62. The van der Waals surface area contributed by atoms with E-state index in [1.54, 1.807) is 0 Å². The molecule has 0 aromatic heterocycles. The number of aliphatic hydroxyl groups excluding tert-OH is 1. The largest absolute Gasteiger partial charge is 0.458 e. The molecule has 1 N–H and O–H groups in total. The molecule has 6 heteroatoms. The second kappa shape index (κ2) is 7.84. The molecular formula is C22H30O6. The van der Waals surface area contributed by atoms with E-state index in [1.165, 1.54) is 6.92 Å². The van der Waals surface area contributed by atoms with Gasteiger partial charge in [0.05, 0.1) is 17.6 Å². The summed E-state index contributed by atoms with van der Waals surface area (Å²) < 4.78 is 16.9. The van der Waals surface area contributed by atoms with Gasteiger partial charge in [0.15, 0.2) is 0 Å². The Morgan fingerprint density at radius 2 is 2.04 bits per heavy atom. The molecule has 6 unspecified atom stereocenters. The van der Waals surface area contributed by atoms with Gasteiger partial charge in [-0.2, -0.15) is 0 Å². The van der Waals surface area contributed by atoms with Crippen LogP contribution in [0.4, 0.5) is 0 Å². The zero-order valence-electron chi connectivity index (χ0n) is 17.1. The molecule has 0 radical (unpaired) electrons. The van der Waals surface area contributed by atoms with E-state index in [2.05, 4.69) is 12.7 Å². The van der Waals surface area contributed by atoms with Gasteiger partial charge < -0.3 is 19.3 Å². The van der Waals surface area contributed by atoms with Crippen LogP contribution in [0.25, 0.3) is 0 Å². The number of epoxide rings is 1. The number of fused-ring (bicyclic) bond motifs is 3. The molecule has 0 bridgehead atoms. The van der Waals surface area contributed by atoms with Gasteiger partial charge in [0.25, 0.3) is 0 Å². The van der Waals surface area contributed by atoms with Crippen LogP contribution in [0, 0.1) is 5.92 Å². The summed E-state index contributed by atoms with van der Waals surface area (Å²) in [4.78, 5) is 23.6. The van der Waals surface area contributed by atoms with Crippen molar-refractivity contribution in [3.05, 3.63) is 35.5 Å². The number of hydrogen-bond donors (Lipinski definition) is 1. The molecule has 2 aliphatic heterocycles. The summed E-state index contributed by atoms with van der Waals surface area (Å²) >= 11 is 0. The topological polar surface area (TPSA) is 85.4 Å². The fourth-order valence-corrected chi connectivity index (χ4v) is 4.38. The lowest BCUT2D eigenvalue weighted by Crippen LogP contribution is -2.35. The predicted octanol–water partition coefficient (Wildman–Crippen LogP) is 3.00. The van der Waals surface area contributed by atoms with Crippen LogP contribution in [0.3, 0.4) is 0 Å². The van der Waals surface area contributed by atoms with Gasteiger partial charge >= 0.3 is 11.9 Å². The van der Waals surface area contributed by atoms with Crippen molar-refractivity contribution in [3.8, 4) is 0 Å². The molecule has 6 nitrogen and oxygen atoms in total. The average Bonchev–Trinajstić information content (AvgIpc) is 3.13. The van der Waals surface area contributed by atoms with Crippen molar-refractivity contribution in [3.63, 3.8) is 0 Å². The second-order valence-corrected chi connectivity index (χ2v) is 8.50. The minimum absolute atomic E-state index is 0.231. The summed E-state index contributed by atoms with van der Waals surface area (Å²) in [6.07, 6.45) is 4.58. The van der Waals surface area contributed by atoms with Gasteiger partial charge in [-0.05, 0) is 46.1 Å². The van der Waals surface area contributed by atoms with Crippen molar-refractivity contribution < 1.29 is 28.9 Å². The van der Waals surface area contributed by atoms with E-state index in [0.29, 0.717) is 18.4 Å². The zero-order valence-corrected chi connectivity index (χ0v) is 17.1. The summed E-state index contributed by atoms with van der Waals surface area (Å²) in [5.74, 6) is -1.31. The van der Waals surface area contributed by atoms with Crippen LogP contribution in [-0.2, 0) is 23.8 Å². The maximum atomic E-state index is 12.1. The number of ether oxygens (including phenoxy) is 3. The molecule has 154 valence electrons. The third-order valence-electron chi connectivity index (χ3n) is 5.89. The van der Waals surface area contributed by atoms with Gasteiger partial charge in [-0.25, -0.2) is 4.79 Å². The van der Waals surface area contributed by atoms with Gasteiger partial charge in [-0.3, -0.25) is 4.79 Å². The molecule has 6 atom stereocenters. The van der Waals surface area contributed by atoms with Crippen LogP contribution in [0.15, 0.2) is 35.5 Å². The van der Waals surface area contributed by atoms with Crippen molar-refractivity contribution in [1.29, 1.82) is 0 Å². The molecule has 2 heterocycles. The molecule has 0 aromatic carbocycles. The van der Waals surface area contributed by atoms with E-state index in [4.69, 9.17) is 14.2 Å². The number of rotatable bonds is 1. The van der Waals surface area contributed by atoms with E-state index in [9.17, 15) is 14.7 Å². The molecule has 3 rings (SSSR count). The van der Waals surface area contributed by atoms with E-state index >= 15 is 0 Å². The highest BCUT2D eigenvalue weighted by atomic mass is 16.6. The number of allylic oxidation sites excluding steroid dienone is 1. The first-order valence-electron chi connectivity index (χ1n) is 9.86. The van der Waals surface area contributed by atoms with Crippen LogP contribution in [0.2, 0.25) is 0 Å². The zero-order chi connectivity index (χ0) is 20.6. The van der Waals surface area contributed by atoms with Crippen molar-refractivity contribution in [1.82, 2.24) is 0 Å². The molecular weight excluding hydrogens is 360 g/mol. The van der Waals surface area contributed by atoms with E-state index < -0.39 is 24.1 Å². The van der Waals surface area contributed by atoms with Crippen molar-refractivity contribution >= 4 is 11.9 Å². The number of esters is 2. The highest BCUT2D eigenvalue weighted by molar-refractivity contribution is 5.91. The van der Waals surface area contributed by atoms with Crippen LogP contribution < -0.4 is 0 Å². The first kappa shape index (κ1) is 20.8. The molecule has 0 saturated carbocycles. The van der Waals surface area contributed by atoms with Crippen molar-refractivity contribution in [2.45, 2.75) is 83.4 Å². The molecule has 28 heavy (non-hydrogen) atoms. The maximum Gasteiger partial charge on any atom is 0.334 e. The molecule has 2 saturated heterocycles. The van der Waals surface area contributed by atoms with Gasteiger partial charge in [0.2, 0.25) is 0 Å². The fourth-order valence-electron chi connectivity index (χ4n) is 4.38. The Morgan fingerprint density at radius 1 is 1.32 bits per heavy atom. The number of carbonyl (C=O) groups excluding carboxylic acids is 2. The third-order valence-corrected chi connectivity index (χ3v) is 5.89. The van der Waals surface area contributed by atoms with Crippen LogP contribution in [0.5, 0.6) is 0 Å². The smallest absolute Gasteiger partial charge is 0.334 e. The quantitative estimate of drug-likeness (QED) is 0.321. The Morgan fingerprint density at radius 3 is 2.71 bits per heavy atom. The number of carbonyl (C=O) groups is 2. The molecule has 0 spiro atoms. The molecule has 0 aromatic rings. The minimum atomic E-state index is -0.828.